The van der Waals surface area contributed by atoms with Crippen LogP contribution in [0.4, 0.5) is 0 Å². The molecule has 0 atom stereocenters. The minimum absolute atomic E-state index is 0.169. The van der Waals surface area contributed by atoms with Crippen LogP contribution in [0.5, 0.6) is 0 Å². The molecule has 0 aliphatic carbocycles. The molecule has 4 aromatic rings. The number of hydrogen-bond acceptors (Lipinski definition) is 3. The van der Waals surface area contributed by atoms with Crippen LogP contribution >= 0.6 is 23.2 Å². The van der Waals surface area contributed by atoms with Gasteiger partial charge in [0.1, 0.15) is 11.2 Å². The quantitative estimate of drug-likeness (QED) is 0.459. The summed E-state index contributed by atoms with van der Waals surface area (Å²) >= 11 is 12.1. The Morgan fingerprint density at radius 2 is 1.70 bits per heavy atom. The first-order valence-corrected chi connectivity index (χ1v) is 6.64. The van der Waals surface area contributed by atoms with E-state index in [2.05, 4.69) is 0 Å². The maximum atomic E-state index is 12.4. The number of fused-ring (bicyclic) bond motifs is 4. The molecule has 0 saturated heterocycles. The normalized spacial score (nSPS) is 11.7. The predicted molar refractivity (Wildman–Crippen MR) is 79.8 cm³/mol. The summed E-state index contributed by atoms with van der Waals surface area (Å²) in [4.78, 5) is 12.4. The molecule has 0 spiro atoms. The maximum absolute atomic E-state index is 12.4. The highest BCUT2D eigenvalue weighted by atomic mass is 35.5. The molecule has 0 radical (unpaired) electrons. The second-order valence-electron chi connectivity index (χ2n) is 4.44. The summed E-state index contributed by atoms with van der Waals surface area (Å²) in [5.74, 6) is 0. The third-order valence-corrected chi connectivity index (χ3v) is 3.78. The van der Waals surface area contributed by atoms with E-state index in [4.69, 9.17) is 32.0 Å². The van der Waals surface area contributed by atoms with Gasteiger partial charge in [-0.2, -0.15) is 0 Å². The highest BCUT2D eigenvalue weighted by molar-refractivity contribution is 6.37. The van der Waals surface area contributed by atoms with Crippen molar-refractivity contribution in [2.45, 2.75) is 0 Å². The van der Waals surface area contributed by atoms with E-state index < -0.39 is 0 Å². The van der Waals surface area contributed by atoms with Crippen molar-refractivity contribution in [1.82, 2.24) is 0 Å². The van der Waals surface area contributed by atoms with E-state index in [9.17, 15) is 4.79 Å². The molecular weight excluding hydrogens is 299 g/mol. The van der Waals surface area contributed by atoms with Gasteiger partial charge in [-0.05, 0) is 24.3 Å². The summed E-state index contributed by atoms with van der Waals surface area (Å²) in [5.41, 5.74) is 1.23. The van der Waals surface area contributed by atoms with E-state index in [1.54, 1.807) is 36.4 Å². The van der Waals surface area contributed by atoms with Gasteiger partial charge < -0.3 is 8.83 Å². The summed E-state index contributed by atoms with van der Waals surface area (Å²) in [7, 11) is 0. The van der Waals surface area contributed by atoms with Crippen molar-refractivity contribution in [2.75, 3.05) is 0 Å². The molecule has 4 rings (SSSR count). The fourth-order valence-corrected chi connectivity index (χ4v) is 2.74. The first-order valence-electron chi connectivity index (χ1n) is 5.88. The van der Waals surface area contributed by atoms with E-state index >= 15 is 0 Å². The lowest BCUT2D eigenvalue weighted by Gasteiger charge is -1.98. The Kier molecular flexibility index (Phi) is 2.37. The summed E-state index contributed by atoms with van der Waals surface area (Å²) in [6, 6.07) is 10.1. The van der Waals surface area contributed by atoms with Crippen molar-refractivity contribution >= 4 is 56.3 Å². The molecule has 2 heterocycles. The van der Waals surface area contributed by atoms with Gasteiger partial charge in [-0.25, -0.2) is 0 Å². The van der Waals surface area contributed by atoms with Crippen LogP contribution in [-0.4, -0.2) is 0 Å². The van der Waals surface area contributed by atoms with Gasteiger partial charge in [0, 0.05) is 11.1 Å². The smallest absolute Gasteiger partial charge is 0.235 e. The number of hydrogen-bond donors (Lipinski definition) is 0. The molecule has 3 nitrogen and oxygen atoms in total. The minimum Gasteiger partial charge on any atom is -0.452 e. The van der Waals surface area contributed by atoms with Crippen molar-refractivity contribution in [2.24, 2.45) is 0 Å². The molecule has 2 aromatic heterocycles. The SMILES string of the molecule is O=c1c2ccc(Cl)cc2oc2c1oc1cccc(Cl)c12. The highest BCUT2D eigenvalue weighted by Gasteiger charge is 2.17. The Hall–Kier alpha value is -1.97. The topological polar surface area (TPSA) is 43.4 Å². The average Bonchev–Trinajstić information content (AvgIpc) is 2.79. The van der Waals surface area contributed by atoms with E-state index in [0.717, 1.165) is 0 Å². The molecule has 98 valence electrons. The van der Waals surface area contributed by atoms with Gasteiger partial charge in [0.2, 0.25) is 11.0 Å². The Bertz CT molecular complexity index is 1040. The summed E-state index contributed by atoms with van der Waals surface area (Å²) in [6.45, 7) is 0. The third kappa shape index (κ3) is 1.51. The molecule has 5 heteroatoms. The van der Waals surface area contributed by atoms with E-state index in [1.165, 1.54) is 0 Å². The molecule has 0 aliphatic rings. The van der Waals surface area contributed by atoms with Crippen molar-refractivity contribution in [3.05, 3.63) is 56.7 Å². The zero-order valence-electron chi connectivity index (χ0n) is 9.94. The molecule has 0 saturated carbocycles. The monoisotopic (exact) mass is 304 g/mol. The van der Waals surface area contributed by atoms with Gasteiger partial charge in [0.05, 0.1) is 15.8 Å². The zero-order valence-corrected chi connectivity index (χ0v) is 11.5. The highest BCUT2D eigenvalue weighted by Crippen LogP contribution is 2.34. The van der Waals surface area contributed by atoms with Gasteiger partial charge in [-0.15, -0.1) is 0 Å². The number of furan rings is 1. The fourth-order valence-electron chi connectivity index (χ4n) is 2.33. The van der Waals surface area contributed by atoms with E-state index in [-0.39, 0.29) is 11.0 Å². The predicted octanol–water partition coefficient (Wildman–Crippen LogP) is 5.00. The Morgan fingerprint density at radius 3 is 2.55 bits per heavy atom. The fraction of sp³-hybridized carbons (Fsp3) is 0. The van der Waals surface area contributed by atoms with Crippen LogP contribution in [0.3, 0.4) is 0 Å². The molecule has 0 bridgehead atoms. The molecule has 0 aliphatic heterocycles. The largest absolute Gasteiger partial charge is 0.452 e. The molecule has 0 fully saturated rings. The van der Waals surface area contributed by atoms with Gasteiger partial charge in [0.25, 0.3) is 0 Å². The lowest BCUT2D eigenvalue weighted by molar-refractivity contribution is 0.630. The van der Waals surface area contributed by atoms with Crippen molar-refractivity contribution in [3.8, 4) is 0 Å². The van der Waals surface area contributed by atoms with Crippen LogP contribution in [0.15, 0.2) is 50.0 Å². The summed E-state index contributed by atoms with van der Waals surface area (Å²) in [6.07, 6.45) is 0. The van der Waals surface area contributed by atoms with E-state index in [1.807, 2.05) is 0 Å². The average molecular weight is 305 g/mol. The molecule has 20 heavy (non-hydrogen) atoms. The lowest BCUT2D eigenvalue weighted by atomic mass is 10.2. The third-order valence-electron chi connectivity index (χ3n) is 3.23. The first kappa shape index (κ1) is 11.8. The molecular formula is C15H6Cl2O3. The van der Waals surface area contributed by atoms with Crippen LogP contribution in [0, 0.1) is 0 Å². The van der Waals surface area contributed by atoms with Crippen LogP contribution in [0.25, 0.3) is 33.1 Å². The number of rotatable bonds is 0. The number of benzene rings is 2. The second-order valence-corrected chi connectivity index (χ2v) is 5.29. The molecule has 2 aromatic carbocycles. The summed E-state index contributed by atoms with van der Waals surface area (Å²) < 4.78 is 11.4. The molecule has 0 amide bonds. The zero-order chi connectivity index (χ0) is 13.9. The molecule has 0 N–H and O–H groups in total. The summed E-state index contributed by atoms with van der Waals surface area (Å²) in [5, 5.41) is 2.00. The Balaban J connectivity index is 2.34. The van der Waals surface area contributed by atoms with Crippen LogP contribution < -0.4 is 5.43 Å². The van der Waals surface area contributed by atoms with Crippen LogP contribution in [0.2, 0.25) is 10.0 Å². The number of halogens is 2. The van der Waals surface area contributed by atoms with Gasteiger partial charge >= 0.3 is 0 Å². The van der Waals surface area contributed by atoms with Crippen LogP contribution in [0.1, 0.15) is 0 Å². The van der Waals surface area contributed by atoms with Crippen molar-refractivity contribution in [1.29, 1.82) is 0 Å². The van der Waals surface area contributed by atoms with Crippen molar-refractivity contribution < 1.29 is 8.83 Å². The maximum Gasteiger partial charge on any atom is 0.235 e. The lowest BCUT2D eigenvalue weighted by Crippen LogP contribution is -1.99. The Labute approximate surface area is 122 Å². The molecule has 0 unspecified atom stereocenters. The first-order chi connectivity index (χ1) is 9.65. The van der Waals surface area contributed by atoms with Crippen LogP contribution in [-0.2, 0) is 0 Å². The standard InChI is InChI=1S/C15H6Cl2O3/c16-7-4-5-8-11(6-7)20-14-12-9(17)2-1-3-10(12)19-15(14)13(8)18/h1-6H. The van der Waals surface area contributed by atoms with Gasteiger partial charge in [-0.3, -0.25) is 4.79 Å². The second kappa shape index (κ2) is 4.01. The van der Waals surface area contributed by atoms with Gasteiger partial charge in [0.15, 0.2) is 5.58 Å². The minimum atomic E-state index is -0.231. The van der Waals surface area contributed by atoms with E-state index in [0.29, 0.717) is 37.6 Å². The Morgan fingerprint density at radius 1 is 0.900 bits per heavy atom. The van der Waals surface area contributed by atoms with Gasteiger partial charge in [-0.1, -0.05) is 29.3 Å². The van der Waals surface area contributed by atoms with Crippen molar-refractivity contribution in [3.63, 3.8) is 0 Å².